The number of aromatic nitrogens is 3. The Hall–Kier alpha value is -3.08. The Balaban J connectivity index is 1.83. The van der Waals surface area contributed by atoms with Gasteiger partial charge >= 0.3 is 0 Å². The Labute approximate surface area is 159 Å². The van der Waals surface area contributed by atoms with Gasteiger partial charge in [-0.25, -0.2) is 9.67 Å². The van der Waals surface area contributed by atoms with Crippen LogP contribution < -0.4 is 5.32 Å². The van der Waals surface area contributed by atoms with E-state index >= 15 is 0 Å². The number of nitrogens with zero attached hydrogens (tertiary/aromatic N) is 3. The van der Waals surface area contributed by atoms with Gasteiger partial charge in [0, 0.05) is 18.2 Å². The van der Waals surface area contributed by atoms with Crippen LogP contribution in [-0.4, -0.2) is 26.4 Å². The molecule has 2 N–H and O–H groups in total. The van der Waals surface area contributed by atoms with Gasteiger partial charge in [-0.3, -0.25) is 0 Å². The molecule has 138 valence electrons. The molecule has 4 rings (SSSR count). The summed E-state index contributed by atoms with van der Waals surface area (Å²) >= 11 is 0. The van der Waals surface area contributed by atoms with Crippen molar-refractivity contribution in [2.24, 2.45) is 0 Å². The fourth-order valence-electron chi connectivity index (χ4n) is 3.20. The number of phenolic OH excluding ortho intramolecular Hbond substituents is 1. The maximum atomic E-state index is 9.89. The van der Waals surface area contributed by atoms with E-state index in [0.717, 1.165) is 35.7 Å². The smallest absolute Gasteiger partial charge is 0.197 e. The van der Waals surface area contributed by atoms with E-state index < -0.39 is 0 Å². The molecule has 5 heteroatoms. The molecule has 2 heterocycles. The quantitative estimate of drug-likeness (QED) is 0.732. The second-order valence-electron chi connectivity index (χ2n) is 7.85. The molecule has 0 saturated carbocycles. The fraction of sp³-hybridized carbons (Fsp3) is 0.273. The Kier molecular flexibility index (Phi) is 4.22. The van der Waals surface area contributed by atoms with E-state index in [4.69, 9.17) is 10.1 Å². The number of nitrogens with one attached hydrogen (secondary N) is 1. The van der Waals surface area contributed by atoms with Gasteiger partial charge in [-0.1, -0.05) is 57.2 Å². The molecule has 0 aliphatic carbocycles. The molecule has 0 radical (unpaired) electrons. The summed E-state index contributed by atoms with van der Waals surface area (Å²) in [6.45, 7) is 7.51. The van der Waals surface area contributed by atoms with Gasteiger partial charge in [-0.05, 0) is 29.5 Å². The lowest BCUT2D eigenvalue weighted by Gasteiger charge is -2.19. The van der Waals surface area contributed by atoms with Crippen LogP contribution in [0, 0.1) is 0 Å². The summed E-state index contributed by atoms with van der Waals surface area (Å²) in [5.74, 6) is 1.63. The molecule has 3 aromatic rings. The summed E-state index contributed by atoms with van der Waals surface area (Å²) in [5, 5.41) is 17.9. The summed E-state index contributed by atoms with van der Waals surface area (Å²) < 4.78 is 1.79. The molecule has 1 aromatic heterocycles. The minimum atomic E-state index is 0.0984. The average molecular weight is 360 g/mol. The van der Waals surface area contributed by atoms with Crippen molar-refractivity contribution in [3.05, 3.63) is 66.0 Å². The van der Waals surface area contributed by atoms with Gasteiger partial charge in [0.15, 0.2) is 11.6 Å². The normalized spacial score (nSPS) is 14.1. The predicted molar refractivity (Wildman–Crippen MR) is 108 cm³/mol. The lowest BCUT2D eigenvalue weighted by molar-refractivity contribution is 0.475. The molecule has 1 aliphatic heterocycles. The molecule has 0 fully saturated rings. The van der Waals surface area contributed by atoms with E-state index in [0.29, 0.717) is 5.82 Å². The van der Waals surface area contributed by atoms with Crippen LogP contribution in [0.3, 0.4) is 0 Å². The van der Waals surface area contributed by atoms with Crippen LogP contribution in [0.5, 0.6) is 5.75 Å². The lowest BCUT2D eigenvalue weighted by Crippen LogP contribution is -2.10. The van der Waals surface area contributed by atoms with Crippen LogP contribution in [-0.2, 0) is 5.41 Å². The first kappa shape index (κ1) is 17.3. The molecule has 0 bridgehead atoms. The Morgan fingerprint density at radius 3 is 2.48 bits per heavy atom. The van der Waals surface area contributed by atoms with Gasteiger partial charge in [-0.15, -0.1) is 5.10 Å². The number of phenols is 1. The Bertz CT molecular complexity index is 994. The summed E-state index contributed by atoms with van der Waals surface area (Å²) in [6, 6.07) is 15.5. The van der Waals surface area contributed by atoms with Crippen LogP contribution in [0.4, 0.5) is 0 Å². The third kappa shape index (κ3) is 3.45. The molecule has 2 aromatic carbocycles. The van der Waals surface area contributed by atoms with Crippen LogP contribution >= 0.6 is 0 Å². The van der Waals surface area contributed by atoms with E-state index in [1.165, 1.54) is 5.56 Å². The number of rotatable bonds is 3. The second-order valence-corrected chi connectivity index (χ2v) is 7.85. The first-order valence-electron chi connectivity index (χ1n) is 9.23. The zero-order valence-electron chi connectivity index (χ0n) is 15.9. The van der Waals surface area contributed by atoms with E-state index in [2.05, 4.69) is 56.4 Å². The summed E-state index contributed by atoms with van der Waals surface area (Å²) in [5.41, 5.74) is 4.10. The molecule has 1 aliphatic rings. The number of hydrogen-bond donors (Lipinski definition) is 2. The summed E-state index contributed by atoms with van der Waals surface area (Å²) in [4.78, 5) is 4.80. The molecular formula is C22H24N4O. The van der Waals surface area contributed by atoms with Gasteiger partial charge in [0.1, 0.15) is 5.75 Å². The van der Waals surface area contributed by atoms with Crippen molar-refractivity contribution in [3.8, 4) is 22.8 Å². The van der Waals surface area contributed by atoms with E-state index in [-0.39, 0.29) is 11.2 Å². The zero-order chi connectivity index (χ0) is 19.0. The highest BCUT2D eigenvalue weighted by Gasteiger charge is 2.19. The maximum Gasteiger partial charge on any atom is 0.197 e. The highest BCUT2D eigenvalue weighted by Crippen LogP contribution is 2.28. The van der Waals surface area contributed by atoms with Crippen molar-refractivity contribution in [2.75, 3.05) is 6.54 Å². The summed E-state index contributed by atoms with van der Waals surface area (Å²) in [6.07, 6.45) is 3.10. The Morgan fingerprint density at radius 2 is 1.85 bits per heavy atom. The average Bonchev–Trinajstić information content (AvgIpc) is 3.31. The molecule has 0 atom stereocenters. The molecule has 0 spiro atoms. The molecule has 5 nitrogen and oxygen atoms in total. The van der Waals surface area contributed by atoms with Gasteiger partial charge in [-0.2, -0.15) is 0 Å². The minimum Gasteiger partial charge on any atom is -0.508 e. The zero-order valence-corrected chi connectivity index (χ0v) is 15.9. The first-order valence-corrected chi connectivity index (χ1v) is 9.23. The molecule has 27 heavy (non-hydrogen) atoms. The van der Waals surface area contributed by atoms with Crippen LogP contribution in [0.2, 0.25) is 0 Å². The van der Waals surface area contributed by atoms with Crippen molar-refractivity contribution >= 4 is 5.70 Å². The largest absolute Gasteiger partial charge is 0.508 e. The summed E-state index contributed by atoms with van der Waals surface area (Å²) in [7, 11) is 0. The Morgan fingerprint density at radius 1 is 1.07 bits per heavy atom. The highest BCUT2D eigenvalue weighted by molar-refractivity contribution is 5.65. The van der Waals surface area contributed by atoms with Crippen molar-refractivity contribution in [1.82, 2.24) is 20.1 Å². The predicted octanol–water partition coefficient (Wildman–Crippen LogP) is 4.27. The van der Waals surface area contributed by atoms with Gasteiger partial charge in [0.2, 0.25) is 0 Å². The van der Waals surface area contributed by atoms with E-state index in [1.54, 1.807) is 16.8 Å². The van der Waals surface area contributed by atoms with Gasteiger partial charge < -0.3 is 10.4 Å². The molecular weight excluding hydrogens is 336 g/mol. The first-order chi connectivity index (χ1) is 12.9. The second kappa shape index (κ2) is 6.58. The van der Waals surface area contributed by atoms with Crippen LogP contribution in [0.25, 0.3) is 22.8 Å². The number of benzene rings is 2. The number of hydrogen-bond acceptors (Lipinski definition) is 4. The van der Waals surface area contributed by atoms with Gasteiger partial charge in [0.25, 0.3) is 0 Å². The maximum absolute atomic E-state index is 9.89. The number of aromatic hydroxyl groups is 1. The molecule has 0 unspecified atom stereocenters. The van der Waals surface area contributed by atoms with Crippen molar-refractivity contribution in [3.63, 3.8) is 0 Å². The third-order valence-electron chi connectivity index (χ3n) is 4.74. The molecule has 0 amide bonds. The van der Waals surface area contributed by atoms with Crippen LogP contribution in [0.15, 0.2) is 54.6 Å². The standard InChI is InChI=1S/C22H24N4O/c1-22(2,3)16-11-9-15(10-12-16)21-24-20(19-8-5-13-23-19)25-26(21)17-6-4-7-18(27)14-17/h4,6-12,14,23,27H,5,13H2,1-3H3. The monoisotopic (exact) mass is 360 g/mol. The van der Waals surface area contributed by atoms with Crippen LogP contribution in [0.1, 0.15) is 38.6 Å². The van der Waals surface area contributed by atoms with E-state index in [9.17, 15) is 5.11 Å². The minimum absolute atomic E-state index is 0.0984. The molecule has 0 saturated heterocycles. The van der Waals surface area contributed by atoms with Crippen molar-refractivity contribution < 1.29 is 5.11 Å². The third-order valence-corrected chi connectivity index (χ3v) is 4.74. The lowest BCUT2D eigenvalue weighted by atomic mass is 9.87. The topological polar surface area (TPSA) is 63.0 Å². The van der Waals surface area contributed by atoms with E-state index in [1.807, 2.05) is 12.1 Å². The fourth-order valence-corrected chi connectivity index (χ4v) is 3.20. The van der Waals surface area contributed by atoms with Crippen molar-refractivity contribution in [1.29, 1.82) is 0 Å². The highest BCUT2D eigenvalue weighted by atomic mass is 16.3. The SMILES string of the molecule is CC(C)(C)c1ccc(-c2nc(C3=CCCN3)nn2-c2cccc(O)c2)cc1. The van der Waals surface area contributed by atoms with Gasteiger partial charge in [0.05, 0.1) is 11.4 Å². The van der Waals surface area contributed by atoms with Crippen molar-refractivity contribution in [2.45, 2.75) is 32.6 Å².